The number of hydrogen-bond acceptors (Lipinski definition) is 6. The fourth-order valence-corrected chi connectivity index (χ4v) is 4.13. The zero-order valence-corrected chi connectivity index (χ0v) is 19.4. The molecule has 2 aliphatic rings. The number of carbonyl (C=O) groups is 2. The van der Waals surface area contributed by atoms with Gasteiger partial charge in [-0.25, -0.2) is 9.78 Å². The molecule has 8 nitrogen and oxygen atoms in total. The van der Waals surface area contributed by atoms with E-state index in [9.17, 15) is 23.1 Å². The maximum atomic E-state index is 12.6. The van der Waals surface area contributed by atoms with E-state index >= 15 is 0 Å². The second-order valence-corrected chi connectivity index (χ2v) is 8.75. The van der Waals surface area contributed by atoms with Gasteiger partial charge >= 0.3 is 12.1 Å². The standard InChI is InChI=1S/C21H25ClN4O2.C2HF3O2/c22-16-6-4-15(5-7-16)21(28)25-11-8-17(9-12-25)24-18-13-26(14-19(18)27)20-3-1-2-10-23-20;3-2(4,5)1(6)7/h1-7,10,17-19,24,27H,8-9,11-14H2;(H,6,7)/t18-,19-;/m1./s1. The van der Waals surface area contributed by atoms with E-state index in [4.69, 9.17) is 21.5 Å². The van der Waals surface area contributed by atoms with E-state index in [1.165, 1.54) is 0 Å². The Hall–Kier alpha value is -2.89. The Kier molecular flexibility index (Phi) is 8.92. The van der Waals surface area contributed by atoms with Gasteiger partial charge in [0.05, 0.1) is 12.1 Å². The number of carbonyl (C=O) groups excluding carboxylic acids is 1. The number of aromatic nitrogens is 1. The third-order valence-corrected chi connectivity index (χ3v) is 6.08. The van der Waals surface area contributed by atoms with Crippen molar-refractivity contribution in [3.8, 4) is 0 Å². The molecule has 1 amide bonds. The first-order valence-electron chi connectivity index (χ1n) is 11.0. The van der Waals surface area contributed by atoms with Crippen molar-refractivity contribution in [1.82, 2.24) is 15.2 Å². The van der Waals surface area contributed by atoms with Crippen molar-refractivity contribution in [3.63, 3.8) is 0 Å². The maximum absolute atomic E-state index is 12.6. The number of β-amino-alcohol motifs (C(OH)–C–C–N with tert-alkyl or cyclic N) is 1. The van der Waals surface area contributed by atoms with Gasteiger partial charge in [0.1, 0.15) is 5.82 Å². The molecular weight excluding hydrogens is 489 g/mol. The van der Waals surface area contributed by atoms with Crippen molar-refractivity contribution < 1.29 is 33.0 Å². The van der Waals surface area contributed by atoms with E-state index in [1.54, 1.807) is 30.5 Å². The summed E-state index contributed by atoms with van der Waals surface area (Å²) in [6.45, 7) is 2.75. The first-order valence-corrected chi connectivity index (χ1v) is 11.4. The number of carboxylic acids is 1. The Morgan fingerprint density at radius 3 is 2.23 bits per heavy atom. The zero-order valence-electron chi connectivity index (χ0n) is 18.7. The van der Waals surface area contributed by atoms with E-state index < -0.39 is 18.2 Å². The fourth-order valence-electron chi connectivity index (χ4n) is 4.01. The predicted molar refractivity (Wildman–Crippen MR) is 123 cm³/mol. The highest BCUT2D eigenvalue weighted by atomic mass is 35.5. The van der Waals surface area contributed by atoms with Crippen LogP contribution in [-0.4, -0.2) is 82.5 Å². The van der Waals surface area contributed by atoms with Gasteiger partial charge in [-0.3, -0.25) is 4.79 Å². The Balaban J connectivity index is 0.000000429. The Morgan fingerprint density at radius 2 is 1.69 bits per heavy atom. The van der Waals surface area contributed by atoms with Gasteiger partial charge in [0.15, 0.2) is 0 Å². The normalized spacial score (nSPS) is 20.8. The van der Waals surface area contributed by atoms with Crippen LogP contribution in [0.1, 0.15) is 23.2 Å². The quantitative estimate of drug-likeness (QED) is 0.576. The van der Waals surface area contributed by atoms with Gasteiger partial charge in [-0.15, -0.1) is 0 Å². The highest BCUT2D eigenvalue weighted by Crippen LogP contribution is 2.21. The second kappa shape index (κ2) is 11.7. The second-order valence-electron chi connectivity index (χ2n) is 8.31. The van der Waals surface area contributed by atoms with Crippen molar-refractivity contribution in [2.75, 3.05) is 31.1 Å². The molecule has 4 rings (SSSR count). The van der Waals surface area contributed by atoms with Crippen LogP contribution in [0.2, 0.25) is 5.02 Å². The fraction of sp³-hybridized carbons (Fsp3) is 0.435. The van der Waals surface area contributed by atoms with Gasteiger partial charge in [-0.1, -0.05) is 17.7 Å². The summed E-state index contributed by atoms with van der Waals surface area (Å²) in [6.07, 6.45) is -1.97. The van der Waals surface area contributed by atoms with Gasteiger partial charge < -0.3 is 25.3 Å². The van der Waals surface area contributed by atoms with Crippen LogP contribution >= 0.6 is 11.6 Å². The summed E-state index contributed by atoms with van der Waals surface area (Å²) in [4.78, 5) is 29.9. The van der Waals surface area contributed by atoms with Crippen LogP contribution in [0, 0.1) is 0 Å². The number of halogens is 4. The highest BCUT2D eigenvalue weighted by Gasteiger charge is 2.38. The topological polar surface area (TPSA) is 106 Å². The summed E-state index contributed by atoms with van der Waals surface area (Å²) < 4.78 is 31.7. The minimum atomic E-state index is -5.08. The van der Waals surface area contributed by atoms with E-state index in [-0.39, 0.29) is 11.9 Å². The van der Waals surface area contributed by atoms with E-state index in [1.807, 2.05) is 23.1 Å². The van der Waals surface area contributed by atoms with Crippen molar-refractivity contribution in [1.29, 1.82) is 0 Å². The number of nitrogens with zero attached hydrogens (tertiary/aromatic N) is 3. The molecule has 0 aliphatic carbocycles. The van der Waals surface area contributed by atoms with E-state index in [0.29, 0.717) is 36.3 Å². The average Bonchev–Trinajstić information content (AvgIpc) is 3.20. The molecule has 2 aromatic rings. The number of benzene rings is 1. The van der Waals surface area contributed by atoms with Crippen LogP contribution in [-0.2, 0) is 4.79 Å². The molecule has 190 valence electrons. The smallest absolute Gasteiger partial charge is 0.475 e. The molecule has 0 bridgehead atoms. The molecule has 3 heterocycles. The monoisotopic (exact) mass is 514 g/mol. The van der Waals surface area contributed by atoms with E-state index in [0.717, 1.165) is 25.2 Å². The minimum Gasteiger partial charge on any atom is -0.475 e. The van der Waals surface area contributed by atoms with Crippen LogP contribution in [0.15, 0.2) is 48.7 Å². The summed E-state index contributed by atoms with van der Waals surface area (Å²) in [5, 5.41) is 21.8. The molecule has 0 saturated carbocycles. The third-order valence-electron chi connectivity index (χ3n) is 5.83. The number of anilines is 1. The Morgan fingerprint density at radius 1 is 1.06 bits per heavy atom. The van der Waals surface area contributed by atoms with Crippen molar-refractivity contribution in [2.24, 2.45) is 0 Å². The number of hydrogen-bond donors (Lipinski definition) is 3. The predicted octanol–water partition coefficient (Wildman–Crippen LogP) is 2.81. The van der Waals surface area contributed by atoms with Crippen LogP contribution in [0.3, 0.4) is 0 Å². The number of piperidine rings is 1. The molecule has 12 heteroatoms. The zero-order chi connectivity index (χ0) is 25.6. The molecule has 0 radical (unpaired) electrons. The SMILES string of the molecule is O=C(O)C(F)(F)F.O=C(c1ccc(Cl)cc1)N1CCC(N[C@@H]2CN(c3ccccn3)C[C@H]2O)CC1. The third kappa shape index (κ3) is 7.55. The van der Waals surface area contributed by atoms with Gasteiger partial charge in [0.2, 0.25) is 0 Å². The number of rotatable bonds is 4. The molecule has 1 aromatic carbocycles. The van der Waals surface area contributed by atoms with Gasteiger partial charge in [-0.2, -0.15) is 13.2 Å². The molecule has 0 spiro atoms. The number of carboxylic acid groups (broad SMARTS) is 1. The lowest BCUT2D eigenvalue weighted by Gasteiger charge is -2.34. The molecule has 0 unspecified atom stereocenters. The maximum Gasteiger partial charge on any atom is 0.490 e. The number of aliphatic hydroxyl groups is 1. The van der Waals surface area contributed by atoms with Crippen molar-refractivity contribution in [2.45, 2.75) is 37.2 Å². The lowest BCUT2D eigenvalue weighted by atomic mass is 10.0. The summed E-state index contributed by atoms with van der Waals surface area (Å²) in [5.41, 5.74) is 0.674. The average molecular weight is 515 g/mol. The van der Waals surface area contributed by atoms with Gasteiger partial charge in [-0.05, 0) is 49.2 Å². The number of amides is 1. The van der Waals surface area contributed by atoms with Crippen LogP contribution in [0.4, 0.5) is 19.0 Å². The van der Waals surface area contributed by atoms with E-state index in [2.05, 4.69) is 15.2 Å². The Labute approximate surface area is 205 Å². The van der Waals surface area contributed by atoms with Gasteiger partial charge in [0, 0.05) is 49.0 Å². The first-order chi connectivity index (χ1) is 16.5. The van der Waals surface area contributed by atoms with Gasteiger partial charge in [0.25, 0.3) is 5.91 Å². The minimum absolute atomic E-state index is 0.0190. The first kappa shape index (κ1) is 26.7. The van der Waals surface area contributed by atoms with Crippen LogP contribution in [0.25, 0.3) is 0 Å². The lowest BCUT2D eigenvalue weighted by Crippen LogP contribution is -2.50. The summed E-state index contributed by atoms with van der Waals surface area (Å²) in [6, 6.07) is 13.2. The Bertz CT molecular complexity index is 987. The van der Waals surface area contributed by atoms with Crippen molar-refractivity contribution >= 4 is 29.3 Å². The molecule has 2 saturated heterocycles. The molecule has 2 atom stereocenters. The van der Waals surface area contributed by atoms with Crippen LogP contribution in [0.5, 0.6) is 0 Å². The number of likely N-dealkylation sites (tertiary alicyclic amines) is 1. The number of nitrogens with one attached hydrogen (secondary N) is 1. The number of alkyl halides is 3. The van der Waals surface area contributed by atoms with Crippen molar-refractivity contribution in [3.05, 3.63) is 59.2 Å². The number of aliphatic carboxylic acids is 1. The summed E-state index contributed by atoms with van der Waals surface area (Å²) in [7, 11) is 0. The summed E-state index contributed by atoms with van der Waals surface area (Å²) >= 11 is 5.90. The number of pyridine rings is 1. The molecule has 2 fully saturated rings. The molecule has 1 aromatic heterocycles. The summed E-state index contributed by atoms with van der Waals surface area (Å²) in [5.74, 6) is -1.81. The number of aliphatic hydroxyl groups excluding tert-OH is 1. The lowest BCUT2D eigenvalue weighted by molar-refractivity contribution is -0.192. The van der Waals surface area contributed by atoms with Crippen LogP contribution < -0.4 is 10.2 Å². The molecule has 2 aliphatic heterocycles. The molecular formula is C23H26ClF3N4O4. The molecule has 35 heavy (non-hydrogen) atoms. The largest absolute Gasteiger partial charge is 0.490 e. The highest BCUT2D eigenvalue weighted by molar-refractivity contribution is 6.30. The molecule has 3 N–H and O–H groups in total.